The van der Waals surface area contributed by atoms with Crippen LogP contribution in [-0.4, -0.2) is 47.8 Å². The van der Waals surface area contributed by atoms with Crippen LogP contribution in [0.25, 0.3) is 0 Å². The van der Waals surface area contributed by atoms with Crippen LogP contribution >= 0.6 is 0 Å². The SMILES string of the molecule is CCCN1B(C)N(C)C2N(B1C)c1cccn1C2(C)C. The fourth-order valence-electron chi connectivity index (χ4n) is 4.29. The molecule has 0 amide bonds. The molecule has 1 atom stereocenters. The molecule has 0 aromatic carbocycles. The zero-order valence-corrected chi connectivity index (χ0v) is 13.7. The second-order valence-corrected chi connectivity index (χ2v) is 6.84. The predicted molar refractivity (Wildman–Crippen MR) is 88.0 cm³/mol. The molecule has 2 aliphatic rings. The van der Waals surface area contributed by atoms with Gasteiger partial charge in [0.15, 0.2) is 0 Å². The van der Waals surface area contributed by atoms with E-state index < -0.39 is 0 Å². The van der Waals surface area contributed by atoms with E-state index in [2.05, 4.69) is 78.7 Å². The van der Waals surface area contributed by atoms with Crippen LogP contribution in [0, 0.1) is 0 Å². The van der Waals surface area contributed by atoms with Crippen molar-refractivity contribution in [2.24, 2.45) is 0 Å². The smallest absolute Gasteiger partial charge is 0.331 e. The molecule has 1 aromatic heterocycles. The lowest BCUT2D eigenvalue weighted by molar-refractivity contribution is 0.203. The zero-order valence-electron chi connectivity index (χ0n) is 13.7. The van der Waals surface area contributed by atoms with Crippen LogP contribution < -0.4 is 4.81 Å². The van der Waals surface area contributed by atoms with Crippen LogP contribution in [0.15, 0.2) is 18.3 Å². The molecule has 20 heavy (non-hydrogen) atoms. The van der Waals surface area contributed by atoms with Crippen molar-refractivity contribution in [1.82, 2.24) is 14.1 Å². The van der Waals surface area contributed by atoms with Crippen LogP contribution in [-0.2, 0) is 5.54 Å². The van der Waals surface area contributed by atoms with E-state index in [0.29, 0.717) is 20.1 Å². The minimum atomic E-state index is 0.106. The number of aromatic nitrogens is 1. The van der Waals surface area contributed by atoms with Crippen molar-refractivity contribution in [2.75, 3.05) is 18.4 Å². The summed E-state index contributed by atoms with van der Waals surface area (Å²) in [6, 6.07) is 4.43. The Bertz CT molecular complexity index is 501. The quantitative estimate of drug-likeness (QED) is 0.767. The third kappa shape index (κ3) is 1.64. The van der Waals surface area contributed by atoms with Gasteiger partial charge in [-0.3, -0.25) is 0 Å². The number of likely N-dealkylation sites (N-methyl/N-ethyl adjacent to an activating group) is 1. The van der Waals surface area contributed by atoms with Crippen molar-refractivity contribution in [2.45, 2.75) is 52.5 Å². The van der Waals surface area contributed by atoms with Gasteiger partial charge in [-0.1, -0.05) is 20.6 Å². The molecule has 0 spiro atoms. The predicted octanol–water partition coefficient (Wildman–Crippen LogP) is 2.26. The largest absolute Gasteiger partial charge is 0.371 e. The Balaban J connectivity index is 2.06. The number of nitrogens with zero attached hydrogens (tertiary/aromatic N) is 4. The molecule has 0 saturated carbocycles. The summed E-state index contributed by atoms with van der Waals surface area (Å²) < 4.78 is 5.04. The van der Waals surface area contributed by atoms with Crippen molar-refractivity contribution >= 4 is 19.8 Å². The van der Waals surface area contributed by atoms with E-state index in [1.165, 1.54) is 12.2 Å². The molecular formula is C14H26B2N4. The molecule has 1 fully saturated rings. The Kier molecular flexibility index (Phi) is 3.22. The van der Waals surface area contributed by atoms with Crippen LogP contribution in [0.2, 0.25) is 13.6 Å². The Morgan fingerprint density at radius 3 is 2.60 bits per heavy atom. The topological polar surface area (TPSA) is 14.7 Å². The van der Waals surface area contributed by atoms with Crippen LogP contribution in [0.5, 0.6) is 0 Å². The normalized spacial score (nSPS) is 26.1. The number of anilines is 1. The fourth-order valence-corrected chi connectivity index (χ4v) is 4.29. The summed E-state index contributed by atoms with van der Waals surface area (Å²) in [5.41, 5.74) is 0.106. The van der Waals surface area contributed by atoms with Crippen molar-refractivity contribution in [1.29, 1.82) is 0 Å². The molecule has 3 rings (SSSR count). The molecule has 0 N–H and O–H groups in total. The van der Waals surface area contributed by atoms with E-state index in [1.807, 2.05) is 0 Å². The van der Waals surface area contributed by atoms with Crippen molar-refractivity contribution < 1.29 is 0 Å². The van der Waals surface area contributed by atoms with Gasteiger partial charge >= 0.3 is 6.98 Å². The highest BCUT2D eigenvalue weighted by molar-refractivity contribution is 6.73. The minimum absolute atomic E-state index is 0.106. The molecule has 108 valence electrons. The highest BCUT2D eigenvalue weighted by Crippen LogP contribution is 2.43. The monoisotopic (exact) mass is 272 g/mol. The minimum Gasteiger partial charge on any atom is -0.371 e. The van der Waals surface area contributed by atoms with Gasteiger partial charge in [-0.15, -0.1) is 0 Å². The average molecular weight is 272 g/mol. The van der Waals surface area contributed by atoms with E-state index in [0.717, 1.165) is 6.54 Å². The number of hydrogen-bond donors (Lipinski definition) is 0. The lowest BCUT2D eigenvalue weighted by Crippen LogP contribution is -2.74. The second-order valence-electron chi connectivity index (χ2n) is 6.84. The van der Waals surface area contributed by atoms with Gasteiger partial charge in [-0.25, -0.2) is 0 Å². The molecule has 1 unspecified atom stereocenters. The van der Waals surface area contributed by atoms with Gasteiger partial charge < -0.3 is 18.9 Å². The molecule has 4 nitrogen and oxygen atoms in total. The summed E-state index contributed by atoms with van der Waals surface area (Å²) >= 11 is 0. The molecule has 0 bridgehead atoms. The first-order valence-corrected chi connectivity index (χ1v) is 7.85. The highest BCUT2D eigenvalue weighted by Gasteiger charge is 2.55. The molecule has 0 radical (unpaired) electrons. The van der Waals surface area contributed by atoms with Gasteiger partial charge in [0, 0.05) is 6.20 Å². The summed E-state index contributed by atoms with van der Waals surface area (Å²) in [5.74, 6) is 1.35. The van der Waals surface area contributed by atoms with E-state index in [9.17, 15) is 0 Å². The third-order valence-electron chi connectivity index (χ3n) is 5.33. The summed E-state index contributed by atoms with van der Waals surface area (Å²) in [6.07, 6.45) is 3.85. The van der Waals surface area contributed by atoms with Crippen LogP contribution in [0.4, 0.5) is 5.82 Å². The summed E-state index contributed by atoms with van der Waals surface area (Å²) in [6.45, 7) is 13.7. The first-order chi connectivity index (χ1) is 9.41. The number of rotatable bonds is 2. The molecule has 2 aliphatic heterocycles. The van der Waals surface area contributed by atoms with E-state index >= 15 is 0 Å². The standard InChI is InChI=1S/C14H26B2N4/c1-7-10-19-15(4)17(6)13-14(2,3)18-11-8-9-12(18)20(13)16(19)5/h8-9,11,13H,7,10H2,1-6H3. The van der Waals surface area contributed by atoms with Crippen molar-refractivity contribution in [3.8, 4) is 0 Å². The molecule has 1 saturated heterocycles. The average Bonchev–Trinajstić information content (AvgIpc) is 2.94. The maximum Gasteiger partial charge on any atom is 0.331 e. The first kappa shape index (κ1) is 14.1. The van der Waals surface area contributed by atoms with E-state index in [-0.39, 0.29) is 5.54 Å². The van der Waals surface area contributed by atoms with E-state index in [4.69, 9.17) is 0 Å². The Morgan fingerprint density at radius 1 is 1.25 bits per heavy atom. The third-order valence-corrected chi connectivity index (χ3v) is 5.33. The van der Waals surface area contributed by atoms with Crippen LogP contribution in [0.3, 0.4) is 0 Å². The molecule has 6 heteroatoms. The van der Waals surface area contributed by atoms with Gasteiger partial charge in [-0.2, -0.15) is 0 Å². The first-order valence-electron chi connectivity index (χ1n) is 7.85. The van der Waals surface area contributed by atoms with E-state index in [1.54, 1.807) is 0 Å². The fraction of sp³-hybridized carbons (Fsp3) is 0.714. The highest BCUT2D eigenvalue weighted by atomic mass is 15.5. The second kappa shape index (κ2) is 4.57. The maximum absolute atomic E-state index is 2.61. The summed E-state index contributed by atoms with van der Waals surface area (Å²) in [4.78, 5) is 5.12. The Morgan fingerprint density at radius 2 is 1.95 bits per heavy atom. The van der Waals surface area contributed by atoms with Gasteiger partial charge in [0.25, 0.3) is 6.98 Å². The molecular weight excluding hydrogens is 246 g/mol. The van der Waals surface area contributed by atoms with Gasteiger partial charge in [0.05, 0.1) is 17.5 Å². The molecule has 3 heterocycles. The molecule has 1 aromatic rings. The maximum atomic E-state index is 2.61. The van der Waals surface area contributed by atoms with Gasteiger partial charge in [-0.05, 0) is 46.0 Å². The van der Waals surface area contributed by atoms with Crippen molar-refractivity contribution in [3.05, 3.63) is 18.3 Å². The Hall–Kier alpha value is -0.870. The van der Waals surface area contributed by atoms with Crippen LogP contribution in [0.1, 0.15) is 27.2 Å². The molecule has 0 aliphatic carbocycles. The zero-order chi connectivity index (χ0) is 14.7. The lowest BCUT2D eigenvalue weighted by atomic mass is 9.56. The van der Waals surface area contributed by atoms with Crippen molar-refractivity contribution in [3.63, 3.8) is 0 Å². The summed E-state index contributed by atoms with van der Waals surface area (Å²) in [7, 11) is 2.27. The summed E-state index contributed by atoms with van der Waals surface area (Å²) in [5, 5.41) is 0. The number of fused-ring (bicyclic) bond motifs is 3. The van der Waals surface area contributed by atoms with Gasteiger partial charge in [0.1, 0.15) is 0 Å². The Labute approximate surface area is 124 Å². The van der Waals surface area contributed by atoms with Gasteiger partial charge in [0.2, 0.25) is 0 Å². The lowest BCUT2D eigenvalue weighted by Gasteiger charge is -2.53. The number of hydrogen-bond acceptors (Lipinski definition) is 3.